The SMILES string of the molecule is CC1CN(CC(=O)c2cc3ccccc3o2)CCC1O. The van der Waals surface area contributed by atoms with Crippen LogP contribution >= 0.6 is 0 Å². The van der Waals surface area contributed by atoms with Gasteiger partial charge in [0.25, 0.3) is 0 Å². The van der Waals surface area contributed by atoms with Crippen LogP contribution < -0.4 is 0 Å². The van der Waals surface area contributed by atoms with Gasteiger partial charge in [-0.15, -0.1) is 0 Å². The number of benzene rings is 1. The summed E-state index contributed by atoms with van der Waals surface area (Å²) >= 11 is 0. The van der Waals surface area contributed by atoms with Crippen molar-refractivity contribution in [1.29, 1.82) is 0 Å². The van der Waals surface area contributed by atoms with E-state index < -0.39 is 0 Å². The average Bonchev–Trinajstić information content (AvgIpc) is 2.87. The first-order chi connectivity index (χ1) is 9.63. The Balaban J connectivity index is 1.70. The lowest BCUT2D eigenvalue weighted by molar-refractivity contribution is 0.0339. The normalized spacial score (nSPS) is 24.1. The summed E-state index contributed by atoms with van der Waals surface area (Å²) in [6.45, 7) is 3.89. The summed E-state index contributed by atoms with van der Waals surface area (Å²) < 4.78 is 5.59. The van der Waals surface area contributed by atoms with E-state index in [9.17, 15) is 9.90 Å². The number of carbonyl (C=O) groups is 1. The molecular formula is C16H19NO3. The number of hydrogen-bond donors (Lipinski definition) is 1. The highest BCUT2D eigenvalue weighted by molar-refractivity contribution is 5.98. The average molecular weight is 273 g/mol. The van der Waals surface area contributed by atoms with E-state index in [0.717, 1.165) is 30.5 Å². The molecule has 4 heteroatoms. The van der Waals surface area contributed by atoms with E-state index in [4.69, 9.17) is 4.42 Å². The summed E-state index contributed by atoms with van der Waals surface area (Å²) in [7, 11) is 0. The summed E-state index contributed by atoms with van der Waals surface area (Å²) in [5.74, 6) is 0.641. The Bertz CT molecular complexity index is 586. The van der Waals surface area contributed by atoms with Gasteiger partial charge in [0.2, 0.25) is 5.78 Å². The Labute approximate surface area is 118 Å². The first-order valence-corrected chi connectivity index (χ1v) is 7.05. The molecule has 1 N–H and O–H groups in total. The Hall–Kier alpha value is -1.65. The Morgan fingerprint density at radius 2 is 2.25 bits per heavy atom. The van der Waals surface area contributed by atoms with Crippen molar-refractivity contribution in [2.45, 2.75) is 19.4 Å². The number of nitrogens with zero attached hydrogens (tertiary/aromatic N) is 1. The number of aliphatic hydroxyl groups is 1. The Morgan fingerprint density at radius 3 is 3.00 bits per heavy atom. The maximum absolute atomic E-state index is 12.3. The molecule has 2 atom stereocenters. The first-order valence-electron chi connectivity index (χ1n) is 7.05. The molecule has 1 aromatic carbocycles. The number of likely N-dealkylation sites (tertiary alicyclic amines) is 1. The smallest absolute Gasteiger partial charge is 0.211 e. The summed E-state index contributed by atoms with van der Waals surface area (Å²) in [5.41, 5.74) is 0.748. The predicted molar refractivity (Wildman–Crippen MR) is 76.8 cm³/mol. The molecule has 2 unspecified atom stereocenters. The third kappa shape index (κ3) is 2.62. The van der Waals surface area contributed by atoms with Crippen LogP contribution in [-0.4, -0.2) is 41.5 Å². The fourth-order valence-electron chi connectivity index (χ4n) is 2.76. The minimum atomic E-state index is -0.243. The van der Waals surface area contributed by atoms with Crippen molar-refractivity contribution in [3.8, 4) is 0 Å². The number of ketones is 1. The largest absolute Gasteiger partial charge is 0.453 e. The number of para-hydroxylation sites is 1. The molecule has 0 saturated carbocycles. The molecule has 1 fully saturated rings. The third-order valence-electron chi connectivity index (χ3n) is 4.01. The van der Waals surface area contributed by atoms with Crippen molar-refractivity contribution < 1.29 is 14.3 Å². The number of aliphatic hydroxyl groups excluding tert-OH is 1. The van der Waals surface area contributed by atoms with Crippen LogP contribution in [0.15, 0.2) is 34.7 Å². The molecule has 1 aliphatic heterocycles. The molecule has 0 aliphatic carbocycles. The van der Waals surface area contributed by atoms with Crippen LogP contribution in [0.25, 0.3) is 11.0 Å². The van der Waals surface area contributed by atoms with Gasteiger partial charge in [-0.05, 0) is 24.5 Å². The molecule has 20 heavy (non-hydrogen) atoms. The van der Waals surface area contributed by atoms with Crippen molar-refractivity contribution in [3.63, 3.8) is 0 Å². The van der Waals surface area contributed by atoms with Gasteiger partial charge in [-0.3, -0.25) is 9.69 Å². The van der Waals surface area contributed by atoms with E-state index in [1.54, 1.807) is 6.07 Å². The second kappa shape index (κ2) is 5.38. The van der Waals surface area contributed by atoms with Gasteiger partial charge in [-0.2, -0.15) is 0 Å². The van der Waals surface area contributed by atoms with Gasteiger partial charge < -0.3 is 9.52 Å². The van der Waals surface area contributed by atoms with E-state index in [0.29, 0.717) is 12.3 Å². The van der Waals surface area contributed by atoms with Crippen LogP contribution in [-0.2, 0) is 0 Å². The molecular weight excluding hydrogens is 254 g/mol. The van der Waals surface area contributed by atoms with Gasteiger partial charge in [0, 0.05) is 18.5 Å². The van der Waals surface area contributed by atoms with Crippen molar-refractivity contribution in [3.05, 3.63) is 36.1 Å². The third-order valence-corrected chi connectivity index (χ3v) is 4.01. The maximum atomic E-state index is 12.3. The lowest BCUT2D eigenvalue weighted by Crippen LogP contribution is -2.43. The zero-order valence-corrected chi connectivity index (χ0v) is 11.6. The van der Waals surface area contributed by atoms with E-state index in [1.165, 1.54) is 0 Å². The van der Waals surface area contributed by atoms with Crippen LogP contribution in [0.1, 0.15) is 23.9 Å². The summed E-state index contributed by atoms with van der Waals surface area (Å²) in [6.07, 6.45) is 0.488. The number of carbonyl (C=O) groups excluding carboxylic acids is 1. The number of hydrogen-bond acceptors (Lipinski definition) is 4. The van der Waals surface area contributed by atoms with Gasteiger partial charge in [0.1, 0.15) is 5.58 Å². The summed E-state index contributed by atoms with van der Waals surface area (Å²) in [5, 5.41) is 10.7. The fraction of sp³-hybridized carbons (Fsp3) is 0.438. The van der Waals surface area contributed by atoms with E-state index >= 15 is 0 Å². The van der Waals surface area contributed by atoms with Crippen molar-refractivity contribution in [2.75, 3.05) is 19.6 Å². The predicted octanol–water partition coefficient (Wildman–Crippen LogP) is 2.32. The molecule has 2 heterocycles. The second-order valence-electron chi connectivity index (χ2n) is 5.64. The molecule has 4 nitrogen and oxygen atoms in total. The van der Waals surface area contributed by atoms with E-state index in [2.05, 4.69) is 4.90 Å². The molecule has 3 rings (SSSR count). The van der Waals surface area contributed by atoms with Crippen LogP contribution in [0.5, 0.6) is 0 Å². The minimum Gasteiger partial charge on any atom is -0.453 e. The summed E-state index contributed by atoms with van der Waals surface area (Å²) in [6, 6.07) is 9.44. The number of rotatable bonds is 3. The number of fused-ring (bicyclic) bond motifs is 1. The standard InChI is InChI=1S/C16H19NO3/c1-11-9-17(7-6-13(11)18)10-14(19)16-8-12-4-2-3-5-15(12)20-16/h2-5,8,11,13,18H,6-7,9-10H2,1H3. The highest BCUT2D eigenvalue weighted by Crippen LogP contribution is 2.21. The van der Waals surface area contributed by atoms with Crippen LogP contribution in [0, 0.1) is 5.92 Å². The van der Waals surface area contributed by atoms with E-state index in [1.807, 2.05) is 31.2 Å². The molecule has 1 aromatic heterocycles. The highest BCUT2D eigenvalue weighted by Gasteiger charge is 2.26. The molecule has 0 spiro atoms. The highest BCUT2D eigenvalue weighted by atomic mass is 16.3. The molecule has 106 valence electrons. The van der Waals surface area contributed by atoms with Gasteiger partial charge in [-0.25, -0.2) is 0 Å². The lowest BCUT2D eigenvalue weighted by atomic mass is 9.96. The van der Waals surface area contributed by atoms with Crippen LogP contribution in [0.2, 0.25) is 0 Å². The van der Waals surface area contributed by atoms with Gasteiger partial charge in [0.05, 0.1) is 12.6 Å². The van der Waals surface area contributed by atoms with Crippen LogP contribution in [0.4, 0.5) is 0 Å². The monoisotopic (exact) mass is 273 g/mol. The second-order valence-corrected chi connectivity index (χ2v) is 5.64. The zero-order chi connectivity index (χ0) is 14.1. The van der Waals surface area contributed by atoms with E-state index in [-0.39, 0.29) is 17.8 Å². The Morgan fingerprint density at radius 1 is 1.45 bits per heavy atom. The zero-order valence-electron chi connectivity index (χ0n) is 11.6. The topological polar surface area (TPSA) is 53.7 Å². The van der Waals surface area contributed by atoms with Gasteiger partial charge >= 0.3 is 0 Å². The lowest BCUT2D eigenvalue weighted by Gasteiger charge is -2.33. The molecule has 2 aromatic rings. The minimum absolute atomic E-state index is 0.00443. The summed E-state index contributed by atoms with van der Waals surface area (Å²) in [4.78, 5) is 14.4. The van der Waals surface area contributed by atoms with Crippen molar-refractivity contribution in [2.24, 2.45) is 5.92 Å². The Kier molecular flexibility index (Phi) is 3.59. The number of furan rings is 1. The number of Topliss-reactive ketones (excluding diaryl/α,β-unsaturated/α-hetero) is 1. The van der Waals surface area contributed by atoms with Crippen molar-refractivity contribution in [1.82, 2.24) is 4.90 Å². The van der Waals surface area contributed by atoms with Crippen molar-refractivity contribution >= 4 is 16.8 Å². The molecule has 0 radical (unpaired) electrons. The molecule has 1 saturated heterocycles. The van der Waals surface area contributed by atoms with Gasteiger partial charge in [0.15, 0.2) is 5.76 Å². The maximum Gasteiger partial charge on any atom is 0.211 e. The molecule has 0 bridgehead atoms. The number of piperidine rings is 1. The quantitative estimate of drug-likeness (QED) is 0.872. The first kappa shape index (κ1) is 13.3. The van der Waals surface area contributed by atoms with Crippen LogP contribution in [0.3, 0.4) is 0 Å². The molecule has 1 aliphatic rings. The van der Waals surface area contributed by atoms with Gasteiger partial charge in [-0.1, -0.05) is 25.1 Å². The fourth-order valence-corrected chi connectivity index (χ4v) is 2.76. The molecule has 0 amide bonds.